The van der Waals surface area contributed by atoms with Gasteiger partial charge in [0.1, 0.15) is 0 Å². The molecule has 0 aliphatic carbocycles. The minimum atomic E-state index is -0.669. The highest BCUT2D eigenvalue weighted by molar-refractivity contribution is 9.10. The molecule has 0 aliphatic heterocycles. The number of carbonyl (C=O) groups excluding carboxylic acids is 1. The van der Waals surface area contributed by atoms with Crippen LogP contribution in [0, 0.1) is 5.41 Å². The zero-order chi connectivity index (χ0) is 21.2. The van der Waals surface area contributed by atoms with Gasteiger partial charge in [0, 0.05) is 34.2 Å². The number of nitrogens with one attached hydrogen (secondary N) is 1. The molecule has 5 nitrogen and oxygen atoms in total. The number of aromatic amines is 1. The Bertz CT molecular complexity index is 1030. The number of benzene rings is 1. The molecule has 0 fully saturated rings. The van der Waals surface area contributed by atoms with Crippen LogP contribution in [0.3, 0.4) is 0 Å². The van der Waals surface area contributed by atoms with E-state index in [0.29, 0.717) is 13.0 Å². The fraction of sp³-hybridized carbons (Fsp3) is 0.391. The van der Waals surface area contributed by atoms with Gasteiger partial charge in [0.05, 0.1) is 29.5 Å². The molecule has 154 valence electrons. The summed E-state index contributed by atoms with van der Waals surface area (Å²) in [5.41, 5.74) is 4.20. The molecular formula is C23H27BrN2O3. The Hall–Kier alpha value is -2.18. The molecule has 1 unspecified atom stereocenters. The minimum absolute atomic E-state index is 0.157. The Morgan fingerprint density at radius 2 is 2.07 bits per heavy atom. The van der Waals surface area contributed by atoms with E-state index < -0.39 is 5.41 Å². The second-order valence-electron chi connectivity index (χ2n) is 7.76. The van der Waals surface area contributed by atoms with E-state index in [0.717, 1.165) is 37.9 Å². The van der Waals surface area contributed by atoms with Crippen molar-refractivity contribution in [3.8, 4) is 11.3 Å². The van der Waals surface area contributed by atoms with Gasteiger partial charge in [-0.25, -0.2) is 0 Å². The van der Waals surface area contributed by atoms with Crippen molar-refractivity contribution in [1.82, 2.24) is 9.97 Å². The summed E-state index contributed by atoms with van der Waals surface area (Å²) in [5, 5.41) is 1.08. The van der Waals surface area contributed by atoms with Crippen LogP contribution >= 0.6 is 15.9 Å². The second kappa shape index (κ2) is 8.67. The average molecular weight is 459 g/mol. The van der Waals surface area contributed by atoms with Crippen molar-refractivity contribution >= 4 is 32.8 Å². The maximum absolute atomic E-state index is 12.6. The van der Waals surface area contributed by atoms with Gasteiger partial charge in [0.15, 0.2) is 0 Å². The van der Waals surface area contributed by atoms with Crippen molar-refractivity contribution in [2.24, 2.45) is 5.41 Å². The molecule has 3 rings (SSSR count). The van der Waals surface area contributed by atoms with Crippen molar-refractivity contribution in [2.45, 2.75) is 40.2 Å². The predicted octanol–water partition coefficient (Wildman–Crippen LogP) is 5.83. The number of hydrogen-bond donors (Lipinski definition) is 1. The number of methoxy groups -OCH3 is 1. The third-order valence-electron chi connectivity index (χ3n) is 5.16. The van der Waals surface area contributed by atoms with Gasteiger partial charge in [-0.15, -0.1) is 0 Å². The Kier molecular flexibility index (Phi) is 6.44. The summed E-state index contributed by atoms with van der Waals surface area (Å²) in [4.78, 5) is 20.7. The molecule has 3 aromatic rings. The lowest BCUT2D eigenvalue weighted by molar-refractivity contribution is -0.153. The summed E-state index contributed by atoms with van der Waals surface area (Å²) < 4.78 is 11.9. The Morgan fingerprint density at radius 1 is 1.31 bits per heavy atom. The number of hydrogen-bond acceptors (Lipinski definition) is 4. The van der Waals surface area contributed by atoms with Gasteiger partial charge in [-0.3, -0.25) is 9.78 Å². The standard InChI is InChI=1S/C23H27BrN2O3/c1-6-29-22(27)23(3,4)13-18-17-12-15(24)9-10-19(17)26-21(18)16-8-7-11-25-20(16)14(2)28-5/h7-12,14,26H,6,13H2,1-5H3. The van der Waals surface area contributed by atoms with Crippen LogP contribution in [0.4, 0.5) is 0 Å². The van der Waals surface area contributed by atoms with E-state index >= 15 is 0 Å². The smallest absolute Gasteiger partial charge is 0.311 e. The van der Waals surface area contributed by atoms with Crippen LogP contribution in [0.25, 0.3) is 22.2 Å². The monoisotopic (exact) mass is 458 g/mol. The fourth-order valence-corrected chi connectivity index (χ4v) is 3.90. The van der Waals surface area contributed by atoms with Crippen LogP contribution in [0.1, 0.15) is 45.1 Å². The van der Waals surface area contributed by atoms with Gasteiger partial charge in [-0.1, -0.05) is 15.9 Å². The summed E-state index contributed by atoms with van der Waals surface area (Å²) in [6, 6.07) is 10.1. The third kappa shape index (κ3) is 4.38. The minimum Gasteiger partial charge on any atom is -0.466 e. The zero-order valence-electron chi connectivity index (χ0n) is 17.5. The maximum Gasteiger partial charge on any atom is 0.311 e. The van der Waals surface area contributed by atoms with Gasteiger partial charge < -0.3 is 14.5 Å². The van der Waals surface area contributed by atoms with Crippen molar-refractivity contribution in [2.75, 3.05) is 13.7 Å². The van der Waals surface area contributed by atoms with Gasteiger partial charge in [0.2, 0.25) is 0 Å². The number of nitrogens with zero attached hydrogens (tertiary/aromatic N) is 1. The van der Waals surface area contributed by atoms with E-state index in [4.69, 9.17) is 9.47 Å². The first kappa shape index (κ1) is 21.5. The molecule has 0 saturated carbocycles. The molecule has 1 N–H and O–H groups in total. The lowest BCUT2D eigenvalue weighted by Gasteiger charge is -2.23. The van der Waals surface area contributed by atoms with Crippen molar-refractivity contribution < 1.29 is 14.3 Å². The SMILES string of the molecule is CCOC(=O)C(C)(C)Cc1c(-c2cccnc2C(C)OC)[nH]c2ccc(Br)cc12. The lowest BCUT2D eigenvalue weighted by Crippen LogP contribution is -2.29. The summed E-state index contributed by atoms with van der Waals surface area (Å²) >= 11 is 3.58. The number of esters is 1. The maximum atomic E-state index is 12.6. The summed E-state index contributed by atoms with van der Waals surface area (Å²) in [7, 11) is 1.68. The van der Waals surface area contributed by atoms with Crippen LogP contribution in [0.15, 0.2) is 41.0 Å². The van der Waals surface area contributed by atoms with Crippen LogP contribution in [0.5, 0.6) is 0 Å². The molecule has 2 heterocycles. The van der Waals surface area contributed by atoms with E-state index in [1.165, 1.54) is 0 Å². The molecule has 0 amide bonds. The number of H-pyrrole nitrogens is 1. The number of rotatable bonds is 7. The summed E-state index contributed by atoms with van der Waals surface area (Å²) in [5.74, 6) is -0.202. The molecule has 0 aliphatic rings. The Labute approximate surface area is 180 Å². The summed E-state index contributed by atoms with van der Waals surface area (Å²) in [6.45, 7) is 8.03. The molecule has 0 radical (unpaired) electrons. The molecular weight excluding hydrogens is 432 g/mol. The van der Waals surface area contributed by atoms with Gasteiger partial charge >= 0.3 is 5.97 Å². The second-order valence-corrected chi connectivity index (χ2v) is 8.68. The molecule has 2 aromatic heterocycles. The number of ether oxygens (including phenoxy) is 2. The molecule has 0 spiro atoms. The Morgan fingerprint density at radius 3 is 2.76 bits per heavy atom. The van der Waals surface area contributed by atoms with Gasteiger partial charge in [0.25, 0.3) is 0 Å². The van der Waals surface area contributed by atoms with E-state index in [1.54, 1.807) is 13.3 Å². The van der Waals surface area contributed by atoms with Crippen LogP contribution < -0.4 is 0 Å². The Balaban J connectivity index is 2.22. The first-order valence-corrected chi connectivity index (χ1v) is 10.5. The number of fused-ring (bicyclic) bond motifs is 1. The van der Waals surface area contributed by atoms with Crippen LogP contribution in [-0.2, 0) is 20.7 Å². The number of halogens is 1. The highest BCUT2D eigenvalue weighted by Gasteiger charge is 2.32. The first-order valence-electron chi connectivity index (χ1n) is 9.74. The topological polar surface area (TPSA) is 64.2 Å². The summed E-state index contributed by atoms with van der Waals surface area (Å²) in [6.07, 6.45) is 2.15. The molecule has 29 heavy (non-hydrogen) atoms. The number of aromatic nitrogens is 2. The van der Waals surface area contributed by atoms with Crippen LogP contribution in [0.2, 0.25) is 0 Å². The first-order chi connectivity index (χ1) is 13.8. The van der Waals surface area contributed by atoms with E-state index in [9.17, 15) is 4.79 Å². The third-order valence-corrected chi connectivity index (χ3v) is 5.65. The van der Waals surface area contributed by atoms with Gasteiger partial charge in [-0.2, -0.15) is 0 Å². The van der Waals surface area contributed by atoms with Crippen molar-refractivity contribution in [3.05, 3.63) is 52.3 Å². The lowest BCUT2D eigenvalue weighted by atomic mass is 9.83. The quantitative estimate of drug-likeness (QED) is 0.452. The van der Waals surface area contributed by atoms with Crippen molar-refractivity contribution in [3.63, 3.8) is 0 Å². The van der Waals surface area contributed by atoms with E-state index in [2.05, 4.69) is 32.0 Å². The average Bonchev–Trinajstić information content (AvgIpc) is 3.04. The number of pyridine rings is 1. The highest BCUT2D eigenvalue weighted by Crippen LogP contribution is 2.39. The molecule has 0 saturated heterocycles. The van der Waals surface area contributed by atoms with Crippen LogP contribution in [-0.4, -0.2) is 29.7 Å². The largest absolute Gasteiger partial charge is 0.466 e. The van der Waals surface area contributed by atoms with Crippen molar-refractivity contribution in [1.29, 1.82) is 0 Å². The van der Waals surface area contributed by atoms with E-state index in [-0.39, 0.29) is 12.1 Å². The molecule has 1 atom stereocenters. The predicted molar refractivity (Wildman–Crippen MR) is 119 cm³/mol. The molecule has 0 bridgehead atoms. The normalized spacial score (nSPS) is 12.9. The molecule has 1 aromatic carbocycles. The fourth-order valence-electron chi connectivity index (χ4n) is 3.54. The molecule has 6 heteroatoms. The van der Waals surface area contributed by atoms with E-state index in [1.807, 2.05) is 52.0 Å². The zero-order valence-corrected chi connectivity index (χ0v) is 19.1. The number of carbonyl (C=O) groups is 1. The van der Waals surface area contributed by atoms with Gasteiger partial charge in [-0.05, 0) is 70.0 Å². The highest BCUT2D eigenvalue weighted by atomic mass is 79.9.